The van der Waals surface area contributed by atoms with E-state index in [2.05, 4.69) is 0 Å². The second kappa shape index (κ2) is 5.61. The molecule has 1 unspecified atom stereocenters. The van der Waals surface area contributed by atoms with Crippen molar-refractivity contribution in [2.75, 3.05) is 5.75 Å². The van der Waals surface area contributed by atoms with Crippen LogP contribution in [0, 0.1) is 5.82 Å². The standard InChI is InChI=1S/C16H11FO3S/c17-11-4-3-5-12(8-11)21(19)10-15(18)14-9-20-16-7-2-1-6-13(14)16/h1-9H,10H2. The molecule has 1 aromatic heterocycles. The number of hydrogen-bond donors (Lipinski definition) is 0. The van der Waals surface area contributed by atoms with Gasteiger partial charge in [-0.05, 0) is 24.3 Å². The monoisotopic (exact) mass is 302 g/mol. The number of hydrogen-bond acceptors (Lipinski definition) is 3. The summed E-state index contributed by atoms with van der Waals surface area (Å²) in [6, 6.07) is 12.6. The first-order valence-electron chi connectivity index (χ1n) is 6.28. The third-order valence-electron chi connectivity index (χ3n) is 3.10. The fourth-order valence-electron chi connectivity index (χ4n) is 2.08. The highest BCUT2D eigenvalue weighted by Crippen LogP contribution is 2.22. The van der Waals surface area contributed by atoms with Gasteiger partial charge in [0.2, 0.25) is 0 Å². The Balaban J connectivity index is 1.85. The van der Waals surface area contributed by atoms with Gasteiger partial charge in [0.05, 0.1) is 22.1 Å². The van der Waals surface area contributed by atoms with Gasteiger partial charge in [0.1, 0.15) is 17.7 Å². The smallest absolute Gasteiger partial charge is 0.179 e. The Morgan fingerprint density at radius 1 is 1.14 bits per heavy atom. The Labute approximate surface area is 122 Å². The number of fused-ring (bicyclic) bond motifs is 1. The van der Waals surface area contributed by atoms with Gasteiger partial charge in [-0.2, -0.15) is 0 Å². The maximum Gasteiger partial charge on any atom is 0.179 e. The van der Waals surface area contributed by atoms with E-state index in [1.165, 1.54) is 24.5 Å². The van der Waals surface area contributed by atoms with Crippen LogP contribution in [-0.2, 0) is 10.8 Å². The first-order valence-corrected chi connectivity index (χ1v) is 7.60. The molecule has 1 heterocycles. The van der Waals surface area contributed by atoms with E-state index >= 15 is 0 Å². The molecule has 0 saturated heterocycles. The van der Waals surface area contributed by atoms with Crippen molar-refractivity contribution in [3.63, 3.8) is 0 Å². The van der Waals surface area contributed by atoms with Crippen molar-refractivity contribution < 1.29 is 17.8 Å². The summed E-state index contributed by atoms with van der Waals surface area (Å²) >= 11 is 0. The number of carbonyl (C=O) groups is 1. The van der Waals surface area contributed by atoms with E-state index in [9.17, 15) is 13.4 Å². The van der Waals surface area contributed by atoms with Crippen LogP contribution >= 0.6 is 0 Å². The van der Waals surface area contributed by atoms with Crippen molar-refractivity contribution >= 4 is 27.6 Å². The molecule has 106 valence electrons. The topological polar surface area (TPSA) is 47.3 Å². The lowest BCUT2D eigenvalue weighted by molar-refractivity contribution is 0.102. The predicted octanol–water partition coefficient (Wildman–Crippen LogP) is 3.56. The van der Waals surface area contributed by atoms with Crippen molar-refractivity contribution in [1.29, 1.82) is 0 Å². The van der Waals surface area contributed by atoms with Gasteiger partial charge in [-0.1, -0.05) is 24.3 Å². The zero-order valence-electron chi connectivity index (χ0n) is 10.9. The van der Waals surface area contributed by atoms with Crippen molar-refractivity contribution in [2.45, 2.75) is 4.90 Å². The van der Waals surface area contributed by atoms with Gasteiger partial charge in [-0.25, -0.2) is 4.39 Å². The number of rotatable bonds is 4. The molecule has 0 aliphatic carbocycles. The summed E-state index contributed by atoms with van der Waals surface area (Å²) in [6.07, 6.45) is 1.37. The Hall–Kier alpha value is -2.27. The number of ketones is 1. The quantitative estimate of drug-likeness (QED) is 0.692. The summed E-state index contributed by atoms with van der Waals surface area (Å²) in [5.41, 5.74) is 1.01. The van der Waals surface area contributed by atoms with Crippen molar-refractivity contribution in [3.8, 4) is 0 Å². The molecule has 0 aliphatic rings. The molecule has 0 aliphatic heterocycles. The molecular weight excluding hydrogens is 291 g/mol. The van der Waals surface area contributed by atoms with E-state index in [0.717, 1.165) is 0 Å². The normalized spacial score (nSPS) is 12.4. The van der Waals surface area contributed by atoms with Crippen molar-refractivity contribution in [3.05, 3.63) is 66.2 Å². The van der Waals surface area contributed by atoms with Gasteiger partial charge in [0.25, 0.3) is 0 Å². The van der Waals surface area contributed by atoms with Gasteiger partial charge in [0.15, 0.2) is 5.78 Å². The fourth-order valence-corrected chi connectivity index (χ4v) is 3.12. The van der Waals surface area contributed by atoms with Crippen LogP contribution in [0.25, 0.3) is 11.0 Å². The molecule has 1 atom stereocenters. The number of Topliss-reactive ketones (excluding diaryl/α,β-unsaturated/α-hetero) is 1. The number of halogens is 1. The van der Waals surface area contributed by atoms with Crippen molar-refractivity contribution in [1.82, 2.24) is 0 Å². The lowest BCUT2D eigenvalue weighted by Crippen LogP contribution is -2.10. The molecule has 0 spiro atoms. The summed E-state index contributed by atoms with van der Waals surface area (Å²) in [7, 11) is -1.58. The zero-order valence-corrected chi connectivity index (χ0v) is 11.7. The average Bonchev–Trinajstić information content (AvgIpc) is 2.91. The van der Waals surface area contributed by atoms with Crippen LogP contribution in [0.2, 0.25) is 0 Å². The zero-order chi connectivity index (χ0) is 14.8. The molecule has 0 fully saturated rings. The van der Waals surface area contributed by atoms with Crippen LogP contribution < -0.4 is 0 Å². The third kappa shape index (κ3) is 2.78. The summed E-state index contributed by atoms with van der Waals surface area (Å²) in [4.78, 5) is 12.5. The maximum atomic E-state index is 13.1. The highest BCUT2D eigenvalue weighted by atomic mass is 32.2. The Morgan fingerprint density at radius 2 is 1.95 bits per heavy atom. The summed E-state index contributed by atoms with van der Waals surface area (Å²) in [5, 5.41) is 0.693. The number of furan rings is 1. The predicted molar refractivity (Wildman–Crippen MR) is 78.2 cm³/mol. The molecule has 3 aromatic rings. The molecule has 5 heteroatoms. The Bertz CT molecular complexity index is 838. The molecule has 0 radical (unpaired) electrons. The summed E-state index contributed by atoms with van der Waals surface area (Å²) in [6.45, 7) is 0. The SMILES string of the molecule is O=C(CS(=O)c1cccc(F)c1)c1coc2ccccc12. The highest BCUT2D eigenvalue weighted by Gasteiger charge is 2.17. The van der Waals surface area contributed by atoms with Crippen LogP contribution in [0.5, 0.6) is 0 Å². The largest absolute Gasteiger partial charge is 0.464 e. The molecule has 3 rings (SSSR count). The van der Waals surface area contributed by atoms with E-state index in [-0.39, 0.29) is 11.5 Å². The van der Waals surface area contributed by atoms with E-state index in [1.54, 1.807) is 24.3 Å². The van der Waals surface area contributed by atoms with E-state index in [1.807, 2.05) is 6.07 Å². The molecular formula is C16H11FO3S. The van der Waals surface area contributed by atoms with E-state index < -0.39 is 16.6 Å². The molecule has 0 bridgehead atoms. The molecule has 3 nitrogen and oxygen atoms in total. The van der Waals surface area contributed by atoms with Crippen LogP contribution in [0.4, 0.5) is 4.39 Å². The van der Waals surface area contributed by atoms with Gasteiger partial charge >= 0.3 is 0 Å². The number of benzene rings is 2. The first kappa shape index (κ1) is 13.7. The Kier molecular flexibility index (Phi) is 3.66. The molecule has 0 amide bonds. The van der Waals surface area contributed by atoms with Gasteiger partial charge in [-0.15, -0.1) is 0 Å². The minimum Gasteiger partial charge on any atom is -0.464 e. The highest BCUT2D eigenvalue weighted by molar-refractivity contribution is 7.85. The van der Waals surface area contributed by atoms with E-state index in [0.29, 0.717) is 21.4 Å². The minimum atomic E-state index is -1.58. The lowest BCUT2D eigenvalue weighted by atomic mass is 10.1. The van der Waals surface area contributed by atoms with Gasteiger partial charge in [-0.3, -0.25) is 9.00 Å². The summed E-state index contributed by atoms with van der Waals surface area (Å²) in [5.74, 6) is -0.961. The minimum absolute atomic E-state index is 0.201. The van der Waals surface area contributed by atoms with Gasteiger partial charge < -0.3 is 4.42 Å². The Morgan fingerprint density at radius 3 is 2.76 bits per heavy atom. The second-order valence-corrected chi connectivity index (χ2v) is 5.97. The van der Waals surface area contributed by atoms with Crippen LogP contribution in [0.15, 0.2) is 64.1 Å². The fraction of sp³-hybridized carbons (Fsp3) is 0.0625. The van der Waals surface area contributed by atoms with Crippen LogP contribution in [-0.4, -0.2) is 15.7 Å². The lowest BCUT2D eigenvalue weighted by Gasteiger charge is -2.01. The molecule has 2 aromatic carbocycles. The van der Waals surface area contributed by atoms with Crippen LogP contribution in [0.1, 0.15) is 10.4 Å². The molecule has 0 saturated carbocycles. The maximum absolute atomic E-state index is 13.1. The van der Waals surface area contributed by atoms with E-state index in [4.69, 9.17) is 4.42 Å². The van der Waals surface area contributed by atoms with Crippen molar-refractivity contribution in [2.24, 2.45) is 0 Å². The van der Waals surface area contributed by atoms with Gasteiger partial charge in [0, 0.05) is 10.3 Å². The average molecular weight is 302 g/mol. The number of para-hydroxylation sites is 1. The number of carbonyl (C=O) groups excluding carboxylic acids is 1. The first-order chi connectivity index (χ1) is 10.1. The summed E-state index contributed by atoms with van der Waals surface area (Å²) < 4.78 is 30.5. The second-order valence-electron chi connectivity index (χ2n) is 4.52. The van der Waals surface area contributed by atoms with Crippen LogP contribution in [0.3, 0.4) is 0 Å². The molecule has 0 N–H and O–H groups in total. The third-order valence-corrected chi connectivity index (χ3v) is 4.41. The molecule has 21 heavy (non-hydrogen) atoms.